The minimum Gasteiger partial charge on any atom is -0.292 e. The van der Waals surface area contributed by atoms with Gasteiger partial charge in [0, 0.05) is 22.9 Å². The zero-order valence-electron chi connectivity index (χ0n) is 11.5. The molecule has 4 nitrogen and oxygen atoms in total. The number of rotatable bonds is 3. The van der Waals surface area contributed by atoms with Crippen molar-refractivity contribution in [3.63, 3.8) is 0 Å². The average Bonchev–Trinajstić information content (AvgIpc) is 2.33. The van der Waals surface area contributed by atoms with Gasteiger partial charge in [-0.3, -0.25) is 19.3 Å². The fourth-order valence-corrected chi connectivity index (χ4v) is 2.52. The summed E-state index contributed by atoms with van der Waals surface area (Å²) in [5.74, 6) is -0.757. The number of amides is 2. The molecule has 2 amide bonds. The van der Waals surface area contributed by atoms with Gasteiger partial charge in [0.1, 0.15) is 0 Å². The Morgan fingerprint density at radius 2 is 1.65 bits per heavy atom. The number of benzene rings is 1. The number of nitrogens with zero attached hydrogens (tertiary/aromatic N) is 1. The van der Waals surface area contributed by atoms with Crippen LogP contribution in [-0.4, -0.2) is 29.0 Å². The first-order valence-corrected chi connectivity index (χ1v) is 7.20. The lowest BCUT2D eigenvalue weighted by Gasteiger charge is -2.34. The third-order valence-corrected chi connectivity index (χ3v) is 3.86. The Kier molecular flexibility index (Phi) is 4.09. The van der Waals surface area contributed by atoms with Gasteiger partial charge in [0.15, 0.2) is 5.78 Å². The van der Waals surface area contributed by atoms with Gasteiger partial charge in [-0.05, 0) is 17.5 Å². The quantitative estimate of drug-likeness (QED) is 0.629. The third kappa shape index (κ3) is 3.33. The first-order valence-electron chi connectivity index (χ1n) is 6.40. The number of carbonyl (C=O) groups excluding carboxylic acids is 3. The Bertz CT molecular complexity index is 543. The number of halogens is 1. The highest BCUT2D eigenvalue weighted by atomic mass is 79.9. The summed E-state index contributed by atoms with van der Waals surface area (Å²) in [6.07, 6.45) is 0.596. The van der Waals surface area contributed by atoms with Crippen molar-refractivity contribution in [1.82, 2.24) is 4.90 Å². The maximum atomic E-state index is 12.1. The smallest absolute Gasteiger partial charge is 0.230 e. The molecule has 0 N–H and O–H groups in total. The molecule has 0 spiro atoms. The molecule has 1 heterocycles. The van der Waals surface area contributed by atoms with Crippen molar-refractivity contribution in [3.8, 4) is 0 Å². The van der Waals surface area contributed by atoms with E-state index in [1.807, 2.05) is 13.8 Å². The Morgan fingerprint density at radius 3 is 2.15 bits per heavy atom. The van der Waals surface area contributed by atoms with Crippen LogP contribution in [0.2, 0.25) is 0 Å². The maximum Gasteiger partial charge on any atom is 0.230 e. The number of Topliss-reactive ketones (excluding diaryl/α,β-unsaturated/α-hetero) is 1. The molecular weight excluding hydrogens is 322 g/mol. The molecule has 5 heteroatoms. The van der Waals surface area contributed by atoms with E-state index in [0.29, 0.717) is 18.4 Å². The molecule has 2 rings (SSSR count). The van der Waals surface area contributed by atoms with Crippen molar-refractivity contribution in [3.05, 3.63) is 34.3 Å². The summed E-state index contributed by atoms with van der Waals surface area (Å²) in [5, 5.41) is 0. The Morgan fingerprint density at radius 1 is 1.15 bits per heavy atom. The number of carbonyl (C=O) groups is 3. The number of hydrogen-bond acceptors (Lipinski definition) is 3. The van der Waals surface area contributed by atoms with E-state index in [1.165, 1.54) is 0 Å². The number of ketones is 1. The lowest BCUT2D eigenvalue weighted by Crippen LogP contribution is -2.48. The molecule has 0 radical (unpaired) electrons. The van der Waals surface area contributed by atoms with Crippen LogP contribution in [0.15, 0.2) is 28.7 Å². The first-order chi connectivity index (χ1) is 9.28. The van der Waals surface area contributed by atoms with E-state index < -0.39 is 0 Å². The summed E-state index contributed by atoms with van der Waals surface area (Å²) in [5.41, 5.74) is 0.185. The molecule has 0 aromatic heterocycles. The summed E-state index contributed by atoms with van der Waals surface area (Å²) >= 11 is 3.29. The Hall–Kier alpha value is -1.49. The maximum absolute atomic E-state index is 12.1. The molecule has 0 saturated carbocycles. The van der Waals surface area contributed by atoms with E-state index in [9.17, 15) is 14.4 Å². The van der Waals surface area contributed by atoms with Gasteiger partial charge >= 0.3 is 0 Å². The molecule has 1 saturated heterocycles. The lowest BCUT2D eigenvalue weighted by atomic mass is 9.81. The van der Waals surface area contributed by atoms with Crippen molar-refractivity contribution >= 4 is 33.5 Å². The van der Waals surface area contributed by atoms with Crippen LogP contribution in [0.25, 0.3) is 0 Å². The molecule has 20 heavy (non-hydrogen) atoms. The standard InChI is InChI=1S/C15H16BrNO3/c1-15(2)7-13(19)17(14(20)8-15)9-12(18)10-3-5-11(16)6-4-10/h3-6H,7-9H2,1-2H3. The summed E-state index contributed by atoms with van der Waals surface area (Å²) < 4.78 is 0.876. The Balaban J connectivity index is 2.10. The van der Waals surface area contributed by atoms with E-state index in [2.05, 4.69) is 15.9 Å². The summed E-state index contributed by atoms with van der Waals surface area (Å²) in [7, 11) is 0. The van der Waals surface area contributed by atoms with Crippen molar-refractivity contribution in [2.45, 2.75) is 26.7 Å². The lowest BCUT2D eigenvalue weighted by molar-refractivity contribution is -0.151. The van der Waals surface area contributed by atoms with Crippen LogP contribution in [-0.2, 0) is 9.59 Å². The fraction of sp³-hybridized carbons (Fsp3) is 0.400. The van der Waals surface area contributed by atoms with Crippen LogP contribution < -0.4 is 0 Å². The number of likely N-dealkylation sites (tertiary alicyclic amines) is 1. The largest absolute Gasteiger partial charge is 0.292 e. The SMILES string of the molecule is CC1(C)CC(=O)N(CC(=O)c2ccc(Br)cc2)C(=O)C1. The summed E-state index contributed by atoms with van der Waals surface area (Å²) in [4.78, 5) is 37.2. The van der Waals surface area contributed by atoms with Crippen LogP contribution in [0.3, 0.4) is 0 Å². The highest BCUT2D eigenvalue weighted by molar-refractivity contribution is 9.10. The number of imide groups is 1. The van der Waals surface area contributed by atoms with Crippen LogP contribution in [0.4, 0.5) is 0 Å². The molecule has 0 bridgehead atoms. The predicted octanol–water partition coefficient (Wildman–Crippen LogP) is 2.81. The van der Waals surface area contributed by atoms with Gasteiger partial charge in [-0.2, -0.15) is 0 Å². The van der Waals surface area contributed by atoms with Gasteiger partial charge in [0.2, 0.25) is 11.8 Å². The molecule has 106 valence electrons. The normalized spacial score (nSPS) is 18.2. The third-order valence-electron chi connectivity index (χ3n) is 3.33. The van der Waals surface area contributed by atoms with Gasteiger partial charge in [-0.25, -0.2) is 0 Å². The zero-order chi connectivity index (χ0) is 14.9. The molecule has 1 fully saturated rings. The molecule has 1 aromatic carbocycles. The minimum absolute atomic E-state index is 0.171. The second-order valence-corrected chi connectivity index (χ2v) is 6.74. The summed E-state index contributed by atoms with van der Waals surface area (Å²) in [6.45, 7) is 3.60. The van der Waals surface area contributed by atoms with Gasteiger partial charge in [-0.1, -0.05) is 41.9 Å². The van der Waals surface area contributed by atoms with Crippen molar-refractivity contribution < 1.29 is 14.4 Å². The van der Waals surface area contributed by atoms with Crippen LogP contribution in [0, 0.1) is 5.41 Å². The van der Waals surface area contributed by atoms with E-state index in [-0.39, 0.29) is 29.6 Å². The molecule has 1 aliphatic rings. The van der Waals surface area contributed by atoms with Crippen LogP contribution in [0.1, 0.15) is 37.0 Å². The summed E-state index contributed by atoms with van der Waals surface area (Å²) in [6, 6.07) is 6.87. The van der Waals surface area contributed by atoms with E-state index >= 15 is 0 Å². The van der Waals surface area contributed by atoms with Crippen molar-refractivity contribution in [2.24, 2.45) is 5.41 Å². The molecule has 0 unspecified atom stereocenters. The van der Waals surface area contributed by atoms with Crippen LogP contribution in [0.5, 0.6) is 0 Å². The fourth-order valence-electron chi connectivity index (χ4n) is 2.26. The second kappa shape index (κ2) is 5.48. The van der Waals surface area contributed by atoms with Gasteiger partial charge in [-0.15, -0.1) is 0 Å². The van der Waals surface area contributed by atoms with Gasteiger partial charge in [0.05, 0.1) is 6.54 Å². The van der Waals surface area contributed by atoms with E-state index in [0.717, 1.165) is 9.37 Å². The van der Waals surface area contributed by atoms with Crippen LogP contribution >= 0.6 is 15.9 Å². The highest BCUT2D eigenvalue weighted by Crippen LogP contribution is 2.31. The molecule has 1 aromatic rings. The van der Waals surface area contributed by atoms with Crippen molar-refractivity contribution in [1.29, 1.82) is 0 Å². The monoisotopic (exact) mass is 337 g/mol. The molecular formula is C15H16BrNO3. The predicted molar refractivity (Wildman–Crippen MR) is 78.2 cm³/mol. The van der Waals surface area contributed by atoms with Gasteiger partial charge in [0.25, 0.3) is 0 Å². The molecule has 0 aliphatic carbocycles. The van der Waals surface area contributed by atoms with E-state index in [1.54, 1.807) is 24.3 Å². The second-order valence-electron chi connectivity index (χ2n) is 5.82. The van der Waals surface area contributed by atoms with Gasteiger partial charge < -0.3 is 0 Å². The number of hydrogen-bond donors (Lipinski definition) is 0. The molecule has 0 atom stereocenters. The Labute approximate surface area is 126 Å². The van der Waals surface area contributed by atoms with Crippen molar-refractivity contribution in [2.75, 3.05) is 6.54 Å². The molecule has 1 aliphatic heterocycles. The number of piperidine rings is 1. The van der Waals surface area contributed by atoms with E-state index in [4.69, 9.17) is 0 Å². The average molecular weight is 338 g/mol. The highest BCUT2D eigenvalue weighted by Gasteiger charge is 2.38. The first kappa shape index (κ1) is 14.9. The zero-order valence-corrected chi connectivity index (χ0v) is 13.1. The topological polar surface area (TPSA) is 54.5 Å². The minimum atomic E-state index is -0.314.